The van der Waals surface area contributed by atoms with Gasteiger partial charge in [-0.2, -0.15) is 0 Å². The Hall–Kier alpha value is -7.71. The first-order valence-corrected chi connectivity index (χ1v) is 25.1. The molecular weight excluding hydrogens is 950 g/mol. The fraction of sp³-hybridized carbons (Fsp3) is 0.407. The van der Waals surface area contributed by atoms with Gasteiger partial charge in [0, 0.05) is 72.8 Å². The van der Waals surface area contributed by atoms with E-state index in [9.17, 15) is 24.0 Å². The minimum absolute atomic E-state index is 0.0215. The zero-order valence-electron chi connectivity index (χ0n) is 41.9. The molecule has 5 atom stereocenters. The zero-order chi connectivity index (χ0) is 52.6. The topological polar surface area (TPSA) is 280 Å². The van der Waals surface area contributed by atoms with Crippen molar-refractivity contribution in [3.8, 4) is 22.6 Å². The van der Waals surface area contributed by atoms with Gasteiger partial charge in [-0.3, -0.25) is 29.4 Å². The number of aromatic amines is 1. The molecule has 5 aromatic rings. The number of methoxy groups -OCH3 is 2. The third kappa shape index (κ3) is 14.9. The summed E-state index contributed by atoms with van der Waals surface area (Å²) < 4.78 is 31.6. The molecule has 2 fully saturated rings. The van der Waals surface area contributed by atoms with Crippen LogP contribution in [0.25, 0.3) is 22.0 Å². The normalized spacial score (nSPS) is 16.7. The number of amides is 5. The first-order valence-electron chi connectivity index (χ1n) is 25.1. The molecule has 2 heterocycles. The van der Waals surface area contributed by atoms with Crippen molar-refractivity contribution in [2.75, 3.05) is 63.8 Å². The Morgan fingerprint density at radius 1 is 0.838 bits per heavy atom. The molecule has 0 spiro atoms. The lowest BCUT2D eigenvalue weighted by atomic mass is 9.85. The van der Waals surface area contributed by atoms with E-state index in [0.29, 0.717) is 81.3 Å². The zero-order valence-corrected chi connectivity index (χ0v) is 41.9. The number of halogens is 1. The summed E-state index contributed by atoms with van der Waals surface area (Å²) in [7, 11) is 3.15. The molecule has 1 saturated carbocycles. The summed E-state index contributed by atoms with van der Waals surface area (Å²) in [5.41, 5.74) is 16.3. The van der Waals surface area contributed by atoms with Crippen molar-refractivity contribution < 1.29 is 42.6 Å². The van der Waals surface area contributed by atoms with Gasteiger partial charge in [-0.05, 0) is 97.7 Å². The van der Waals surface area contributed by atoms with Crippen LogP contribution in [0, 0.1) is 17.1 Å². The van der Waals surface area contributed by atoms with Crippen LogP contribution in [0.2, 0.25) is 0 Å². The molecule has 1 aliphatic heterocycles. The second kappa shape index (κ2) is 26.3. The van der Waals surface area contributed by atoms with E-state index in [1.807, 2.05) is 71.6 Å². The van der Waals surface area contributed by atoms with E-state index in [0.717, 1.165) is 40.4 Å². The van der Waals surface area contributed by atoms with Gasteiger partial charge < -0.3 is 67.5 Å². The molecule has 19 nitrogen and oxygen atoms in total. The average molecular weight is 1020 g/mol. The molecule has 0 bridgehead atoms. The van der Waals surface area contributed by atoms with Crippen LogP contribution in [0.15, 0.2) is 91.1 Å². The fourth-order valence-electron chi connectivity index (χ4n) is 9.44. The number of aromatic nitrogens is 1. The summed E-state index contributed by atoms with van der Waals surface area (Å²) in [5.74, 6) is -2.84. The van der Waals surface area contributed by atoms with Crippen LogP contribution in [0.1, 0.15) is 56.1 Å². The Morgan fingerprint density at radius 2 is 1.58 bits per heavy atom. The Kier molecular flexibility index (Phi) is 19.2. The molecule has 2 aliphatic rings. The van der Waals surface area contributed by atoms with E-state index in [2.05, 4.69) is 36.9 Å². The minimum Gasteiger partial charge on any atom is -0.497 e. The van der Waals surface area contributed by atoms with Crippen LogP contribution in [0.5, 0.6) is 11.5 Å². The van der Waals surface area contributed by atoms with Gasteiger partial charge in [-0.1, -0.05) is 48.9 Å². The molecule has 1 saturated heterocycles. The van der Waals surface area contributed by atoms with Crippen molar-refractivity contribution in [3.05, 3.63) is 108 Å². The van der Waals surface area contributed by atoms with Crippen LogP contribution in [0.3, 0.4) is 0 Å². The highest BCUT2D eigenvalue weighted by Crippen LogP contribution is 2.31. The molecule has 5 amide bonds. The predicted octanol–water partition coefficient (Wildman–Crippen LogP) is 3.99. The van der Waals surface area contributed by atoms with Gasteiger partial charge in [0.05, 0.1) is 39.7 Å². The van der Waals surface area contributed by atoms with Gasteiger partial charge in [-0.25, -0.2) is 4.39 Å². The molecule has 0 radical (unpaired) electrons. The molecule has 394 valence electrons. The Bertz CT molecular complexity index is 2750. The van der Waals surface area contributed by atoms with Crippen molar-refractivity contribution in [2.45, 2.75) is 82.0 Å². The third-order valence-electron chi connectivity index (χ3n) is 13.4. The molecule has 1 aliphatic carbocycles. The van der Waals surface area contributed by atoms with Gasteiger partial charge in [0.1, 0.15) is 35.4 Å². The number of unbranched alkanes of at least 4 members (excludes halogenated alkanes) is 1. The van der Waals surface area contributed by atoms with E-state index in [1.54, 1.807) is 32.5 Å². The van der Waals surface area contributed by atoms with E-state index in [4.69, 9.17) is 31.1 Å². The van der Waals surface area contributed by atoms with Crippen molar-refractivity contribution in [1.82, 2.24) is 31.6 Å². The number of hydrogen-bond acceptors (Lipinski definition) is 11. The summed E-state index contributed by atoms with van der Waals surface area (Å²) in [4.78, 5) is 75.9. The second-order valence-corrected chi connectivity index (χ2v) is 18.7. The standard InChI is InChI=1S/C54H68FN11O8/c1-72-39-18-19-43-41(30-39)36(31-60-43)28-46(64-50(68)35-8-7-9-37(56)27-35)53(71)65-45(26-33-13-15-34(16-14-33)40-10-3-4-12-48(40)73-2)52(70)63-44(11-5-6-21-59-54(57)58)51(69)61-32-49(67)62-38-17-20-47(42(55)29-38)66-22-24-74-25-23-66/h3-4,10,12-20,29-31,35,37,44-46,60H,5-9,11,21-28,32,56H2,1-2H3,(H,61,69)(H,62,67)(H,63,70)(H,64,68)(H,65,71)(H4,57,58,59). The number of morpholine rings is 1. The van der Waals surface area contributed by atoms with Gasteiger partial charge >= 0.3 is 0 Å². The number of hydrogen-bond donors (Lipinski definition) is 10. The van der Waals surface area contributed by atoms with Gasteiger partial charge in [0.15, 0.2) is 5.96 Å². The highest BCUT2D eigenvalue weighted by molar-refractivity contribution is 5.98. The fourth-order valence-corrected chi connectivity index (χ4v) is 9.44. The smallest absolute Gasteiger partial charge is 0.243 e. The number of H-pyrrole nitrogens is 1. The first-order chi connectivity index (χ1) is 35.8. The molecule has 1 aromatic heterocycles. The summed E-state index contributed by atoms with van der Waals surface area (Å²) in [6.07, 6.45) is 5.42. The number of nitrogens with zero attached hydrogens (tertiary/aromatic N) is 1. The highest BCUT2D eigenvalue weighted by Gasteiger charge is 2.33. The number of benzene rings is 4. The molecular formula is C54H68FN11O8. The van der Waals surface area contributed by atoms with Gasteiger partial charge in [-0.15, -0.1) is 0 Å². The quantitative estimate of drug-likeness (QED) is 0.0253. The van der Waals surface area contributed by atoms with Crippen LogP contribution in [0.4, 0.5) is 15.8 Å². The van der Waals surface area contributed by atoms with Gasteiger partial charge in [0.2, 0.25) is 29.5 Å². The number of anilines is 2. The summed E-state index contributed by atoms with van der Waals surface area (Å²) in [6.45, 7) is 1.83. The van der Waals surface area contributed by atoms with Crippen molar-refractivity contribution in [2.24, 2.45) is 17.4 Å². The Balaban J connectivity index is 1.13. The highest BCUT2D eigenvalue weighted by atomic mass is 19.1. The lowest BCUT2D eigenvalue weighted by molar-refractivity contribution is -0.134. The number of ether oxygens (including phenoxy) is 3. The molecule has 74 heavy (non-hydrogen) atoms. The van der Waals surface area contributed by atoms with Crippen molar-refractivity contribution in [3.63, 3.8) is 0 Å². The second-order valence-electron chi connectivity index (χ2n) is 18.7. The largest absolute Gasteiger partial charge is 0.497 e. The number of guanidine groups is 1. The van der Waals surface area contributed by atoms with Gasteiger partial charge in [0.25, 0.3) is 0 Å². The molecule has 12 N–H and O–H groups in total. The summed E-state index contributed by atoms with van der Waals surface area (Å²) in [6, 6.07) is 21.1. The molecule has 5 unspecified atom stereocenters. The van der Waals surface area contributed by atoms with Crippen LogP contribution >= 0.6 is 0 Å². The number of carbonyl (C=O) groups is 5. The van der Waals surface area contributed by atoms with E-state index < -0.39 is 60.0 Å². The van der Waals surface area contributed by atoms with Crippen molar-refractivity contribution in [1.29, 1.82) is 5.41 Å². The Morgan fingerprint density at radius 3 is 2.30 bits per heavy atom. The number of nitrogens with one attached hydrogen (secondary N) is 8. The molecule has 7 rings (SSSR count). The number of para-hydroxylation sites is 1. The van der Waals surface area contributed by atoms with E-state index in [1.165, 1.54) is 6.07 Å². The van der Waals surface area contributed by atoms with Crippen LogP contribution in [-0.2, 0) is 41.6 Å². The predicted molar refractivity (Wildman–Crippen MR) is 281 cm³/mol. The minimum atomic E-state index is -1.28. The average Bonchev–Trinajstić information content (AvgIpc) is 3.81. The molecule has 4 aromatic carbocycles. The van der Waals surface area contributed by atoms with Crippen LogP contribution in [-0.4, -0.2) is 118 Å². The number of rotatable bonds is 23. The monoisotopic (exact) mass is 1020 g/mol. The first kappa shape index (κ1) is 54.1. The van der Waals surface area contributed by atoms with Crippen molar-refractivity contribution >= 4 is 57.8 Å². The maximum Gasteiger partial charge on any atom is 0.243 e. The van der Waals surface area contributed by atoms with Crippen LogP contribution < -0.4 is 57.7 Å². The Labute approximate surface area is 429 Å². The molecule has 20 heteroatoms. The summed E-state index contributed by atoms with van der Waals surface area (Å²) >= 11 is 0. The lowest BCUT2D eigenvalue weighted by Crippen LogP contribution is -2.58. The SMILES string of the molecule is COc1ccc2[nH]cc(CC(NC(=O)C3CCCC(N)C3)C(=O)NC(Cc3ccc(-c4ccccc4OC)cc3)C(=O)NC(CCCCNC(=N)N)C(=O)NCC(=O)Nc3ccc(N4CCOCC4)c(F)c3)c2c1. The third-order valence-corrected chi connectivity index (χ3v) is 13.4. The summed E-state index contributed by atoms with van der Waals surface area (Å²) in [5, 5.41) is 25.1. The van der Waals surface area contributed by atoms with E-state index in [-0.39, 0.29) is 42.9 Å². The number of fused-ring (bicyclic) bond motifs is 1. The maximum absolute atomic E-state index is 15.2. The lowest BCUT2D eigenvalue weighted by Gasteiger charge is -2.29. The number of carbonyl (C=O) groups excluding carboxylic acids is 5. The maximum atomic E-state index is 15.2. The number of nitrogens with two attached hydrogens (primary N) is 2. The van der Waals surface area contributed by atoms with E-state index >= 15 is 4.39 Å².